The summed E-state index contributed by atoms with van der Waals surface area (Å²) >= 11 is 0. The molecule has 0 spiro atoms. The van der Waals surface area contributed by atoms with Gasteiger partial charge in [-0.1, -0.05) is 24.3 Å². The van der Waals surface area contributed by atoms with Gasteiger partial charge in [0.05, 0.1) is 19.0 Å². The largest absolute Gasteiger partial charge is 0.459 e. The van der Waals surface area contributed by atoms with E-state index in [4.69, 9.17) is 4.42 Å². The van der Waals surface area contributed by atoms with Gasteiger partial charge in [0.25, 0.3) is 0 Å². The number of halogens is 1. The lowest BCUT2D eigenvalue weighted by molar-refractivity contribution is -0.130. The molecule has 4 rings (SSSR count). The molecule has 5 nitrogen and oxygen atoms in total. The van der Waals surface area contributed by atoms with Gasteiger partial charge in [0, 0.05) is 18.7 Å². The highest BCUT2D eigenvalue weighted by molar-refractivity contribution is 5.81. The molecule has 6 heteroatoms. The molecule has 152 valence electrons. The number of nitrogens with one attached hydrogen (secondary N) is 1. The van der Waals surface area contributed by atoms with Crippen LogP contribution in [0.25, 0.3) is 17.4 Å². The van der Waals surface area contributed by atoms with E-state index >= 15 is 0 Å². The number of benzene rings is 2. The lowest BCUT2D eigenvalue weighted by atomic mass is 9.93. The van der Waals surface area contributed by atoms with Crippen LogP contribution >= 0.6 is 0 Å². The van der Waals surface area contributed by atoms with E-state index < -0.39 is 0 Å². The molecule has 0 aliphatic carbocycles. The number of hydrogen-bond acceptors (Lipinski definition) is 3. The maximum absolute atomic E-state index is 13.1. The van der Waals surface area contributed by atoms with Crippen molar-refractivity contribution < 1.29 is 18.4 Å². The third-order valence-corrected chi connectivity index (χ3v) is 5.10. The van der Waals surface area contributed by atoms with E-state index in [9.17, 15) is 14.0 Å². The molecule has 1 aliphatic rings. The van der Waals surface area contributed by atoms with Gasteiger partial charge in [0.2, 0.25) is 11.8 Å². The van der Waals surface area contributed by atoms with Crippen molar-refractivity contribution in [2.75, 3.05) is 0 Å². The van der Waals surface area contributed by atoms with Crippen molar-refractivity contribution in [2.24, 2.45) is 0 Å². The highest BCUT2D eigenvalue weighted by Gasteiger charge is 2.28. The molecule has 1 aliphatic heterocycles. The third-order valence-electron chi connectivity index (χ3n) is 5.10. The van der Waals surface area contributed by atoms with Crippen LogP contribution in [-0.2, 0) is 16.1 Å². The minimum Gasteiger partial charge on any atom is -0.459 e. The molecule has 0 radical (unpaired) electrons. The highest BCUT2D eigenvalue weighted by Crippen LogP contribution is 2.32. The predicted molar refractivity (Wildman–Crippen MR) is 111 cm³/mol. The van der Waals surface area contributed by atoms with Gasteiger partial charge in [-0.2, -0.15) is 0 Å². The molecule has 3 aromatic rings. The summed E-state index contributed by atoms with van der Waals surface area (Å²) in [5.41, 5.74) is 2.71. The van der Waals surface area contributed by atoms with Crippen LogP contribution in [0.15, 0.2) is 71.3 Å². The SMILES string of the molecule is CC(=O)N1C=Cc2ccccc2[C@H]1CC(=O)NCc1ccc(-c2ccc(F)cc2)o1. The minimum atomic E-state index is -0.352. The van der Waals surface area contributed by atoms with E-state index in [-0.39, 0.29) is 36.6 Å². The summed E-state index contributed by atoms with van der Waals surface area (Å²) in [6, 6.07) is 17.0. The van der Waals surface area contributed by atoms with E-state index in [1.165, 1.54) is 19.1 Å². The molecule has 30 heavy (non-hydrogen) atoms. The summed E-state index contributed by atoms with van der Waals surface area (Å²) in [6.07, 6.45) is 3.75. The summed E-state index contributed by atoms with van der Waals surface area (Å²) in [7, 11) is 0. The standard InChI is InChI=1S/C24H21FN2O3/c1-16(28)27-13-12-17-4-2-3-5-21(17)22(27)14-24(29)26-15-20-10-11-23(30-20)18-6-8-19(25)9-7-18/h2-13,22H,14-15H2,1H3,(H,26,29)/t22-/m1/s1. The molecule has 2 aromatic carbocycles. The number of amides is 2. The predicted octanol–water partition coefficient (Wildman–Crippen LogP) is 4.67. The van der Waals surface area contributed by atoms with Crippen molar-refractivity contribution in [3.63, 3.8) is 0 Å². The maximum Gasteiger partial charge on any atom is 0.223 e. The molecule has 2 amide bonds. The Morgan fingerprint density at radius 3 is 2.60 bits per heavy atom. The fourth-order valence-electron chi connectivity index (χ4n) is 3.59. The van der Waals surface area contributed by atoms with Gasteiger partial charge in [-0.15, -0.1) is 0 Å². The van der Waals surface area contributed by atoms with Crippen LogP contribution in [0.4, 0.5) is 4.39 Å². The van der Waals surface area contributed by atoms with Crippen LogP contribution < -0.4 is 5.32 Å². The summed E-state index contributed by atoms with van der Waals surface area (Å²) in [6.45, 7) is 1.72. The number of carbonyl (C=O) groups is 2. The third kappa shape index (κ3) is 4.17. The molecule has 0 saturated carbocycles. The Hall–Kier alpha value is -3.67. The molecular weight excluding hydrogens is 383 g/mol. The van der Waals surface area contributed by atoms with E-state index in [2.05, 4.69) is 5.32 Å². The Morgan fingerprint density at radius 2 is 1.83 bits per heavy atom. The second-order valence-corrected chi connectivity index (χ2v) is 7.14. The maximum atomic E-state index is 13.1. The van der Waals surface area contributed by atoms with Crippen LogP contribution in [0, 0.1) is 5.82 Å². The van der Waals surface area contributed by atoms with Gasteiger partial charge in [-0.3, -0.25) is 9.59 Å². The number of rotatable bonds is 5. The first-order valence-electron chi connectivity index (χ1n) is 9.68. The summed E-state index contributed by atoms with van der Waals surface area (Å²) in [4.78, 5) is 26.2. The molecule has 0 fully saturated rings. The zero-order valence-corrected chi connectivity index (χ0v) is 16.5. The van der Waals surface area contributed by atoms with Crippen molar-refractivity contribution >= 4 is 17.9 Å². The Labute approximate surface area is 173 Å². The average Bonchev–Trinajstić information content (AvgIpc) is 3.22. The van der Waals surface area contributed by atoms with Gasteiger partial charge in [0.1, 0.15) is 17.3 Å². The zero-order chi connectivity index (χ0) is 21.1. The Balaban J connectivity index is 1.41. The number of carbonyl (C=O) groups excluding carboxylic acids is 2. The number of furan rings is 1. The van der Waals surface area contributed by atoms with E-state index in [1.54, 1.807) is 35.4 Å². The quantitative estimate of drug-likeness (QED) is 0.672. The first-order chi connectivity index (χ1) is 14.5. The van der Waals surface area contributed by atoms with Gasteiger partial charge in [-0.25, -0.2) is 4.39 Å². The van der Waals surface area contributed by atoms with Crippen LogP contribution in [0.3, 0.4) is 0 Å². The fourth-order valence-corrected chi connectivity index (χ4v) is 3.59. The molecule has 0 bridgehead atoms. The normalized spacial score (nSPS) is 15.0. The number of fused-ring (bicyclic) bond motifs is 1. The van der Waals surface area contributed by atoms with Crippen LogP contribution in [0.2, 0.25) is 0 Å². The van der Waals surface area contributed by atoms with E-state index in [1.807, 2.05) is 30.3 Å². The van der Waals surface area contributed by atoms with Gasteiger partial charge >= 0.3 is 0 Å². The lowest BCUT2D eigenvalue weighted by Gasteiger charge is -2.32. The van der Waals surface area contributed by atoms with Crippen molar-refractivity contribution in [3.8, 4) is 11.3 Å². The molecule has 1 aromatic heterocycles. The van der Waals surface area contributed by atoms with Gasteiger partial charge in [0.15, 0.2) is 0 Å². The molecular formula is C24H21FN2O3. The number of nitrogens with zero attached hydrogens (tertiary/aromatic N) is 1. The topological polar surface area (TPSA) is 62.6 Å². The fraction of sp³-hybridized carbons (Fsp3) is 0.167. The van der Waals surface area contributed by atoms with Gasteiger partial charge in [-0.05, 0) is 53.6 Å². The molecule has 2 heterocycles. The summed E-state index contributed by atoms with van der Waals surface area (Å²) < 4.78 is 18.8. The summed E-state index contributed by atoms with van der Waals surface area (Å²) in [5, 5.41) is 2.86. The second kappa shape index (κ2) is 8.37. The average molecular weight is 404 g/mol. The van der Waals surface area contributed by atoms with Crippen molar-refractivity contribution in [3.05, 3.63) is 89.6 Å². The molecule has 0 saturated heterocycles. The monoisotopic (exact) mass is 404 g/mol. The Bertz CT molecular complexity index is 1100. The minimum absolute atomic E-state index is 0.117. The van der Waals surface area contributed by atoms with Crippen LogP contribution in [0.1, 0.15) is 36.3 Å². The molecule has 1 N–H and O–H groups in total. The van der Waals surface area contributed by atoms with Crippen molar-refractivity contribution in [1.29, 1.82) is 0 Å². The first-order valence-corrected chi connectivity index (χ1v) is 9.68. The zero-order valence-electron chi connectivity index (χ0n) is 16.5. The highest BCUT2D eigenvalue weighted by atomic mass is 19.1. The Kier molecular flexibility index (Phi) is 5.48. The first kappa shape index (κ1) is 19.6. The van der Waals surface area contributed by atoms with E-state index in [0.29, 0.717) is 11.5 Å². The van der Waals surface area contributed by atoms with Crippen molar-refractivity contribution in [1.82, 2.24) is 10.2 Å². The smallest absolute Gasteiger partial charge is 0.223 e. The van der Waals surface area contributed by atoms with Crippen LogP contribution in [0.5, 0.6) is 0 Å². The molecule has 0 unspecified atom stereocenters. The summed E-state index contributed by atoms with van der Waals surface area (Å²) in [5.74, 6) is 0.588. The number of hydrogen-bond donors (Lipinski definition) is 1. The van der Waals surface area contributed by atoms with E-state index in [0.717, 1.165) is 16.7 Å². The van der Waals surface area contributed by atoms with Gasteiger partial charge < -0.3 is 14.6 Å². The van der Waals surface area contributed by atoms with Crippen molar-refractivity contribution in [2.45, 2.75) is 25.9 Å². The molecule has 1 atom stereocenters. The second-order valence-electron chi connectivity index (χ2n) is 7.14. The Morgan fingerprint density at radius 1 is 1.07 bits per heavy atom. The van der Waals surface area contributed by atoms with Crippen LogP contribution in [-0.4, -0.2) is 16.7 Å². The lowest BCUT2D eigenvalue weighted by Crippen LogP contribution is -2.35.